The topological polar surface area (TPSA) is 83.0 Å². The number of nitrogens with zero attached hydrogens (tertiary/aromatic N) is 3. The molecule has 0 aliphatic rings. The van der Waals surface area contributed by atoms with Crippen molar-refractivity contribution in [2.75, 3.05) is 18.1 Å². The number of anilines is 1. The molecule has 0 bridgehead atoms. The molecule has 2 N–H and O–H groups in total. The number of fused-ring (bicyclic) bond motifs is 1. The Morgan fingerprint density at radius 2 is 1.89 bits per heavy atom. The average molecular weight is 401 g/mol. The maximum atomic E-state index is 12.4. The molecule has 1 aromatic carbocycles. The van der Waals surface area contributed by atoms with Crippen LogP contribution in [0.5, 0.6) is 0 Å². The number of unbranched alkanes of at least 4 members (excludes halogenated alkanes) is 1. The molecule has 28 heavy (non-hydrogen) atoms. The fraction of sp³-hybridized carbons (Fsp3) is 0.429. The first-order chi connectivity index (χ1) is 13.5. The fourth-order valence-electron chi connectivity index (χ4n) is 3.28. The van der Waals surface area contributed by atoms with Crippen molar-refractivity contribution in [3.63, 3.8) is 0 Å². The van der Waals surface area contributed by atoms with E-state index < -0.39 is 10.8 Å². The summed E-state index contributed by atoms with van der Waals surface area (Å²) in [5, 5.41) is 0. The first kappa shape index (κ1) is 20.5. The number of hydrogen-bond donors (Lipinski definition) is 1. The molecule has 0 spiro atoms. The molecule has 0 aliphatic carbocycles. The Morgan fingerprint density at radius 1 is 1.14 bits per heavy atom. The third-order valence-electron chi connectivity index (χ3n) is 4.88. The average Bonchev–Trinajstić information content (AvgIpc) is 3.07. The lowest BCUT2D eigenvalue weighted by Gasteiger charge is -2.12. The van der Waals surface area contributed by atoms with Crippen LogP contribution in [0.4, 0.5) is 5.82 Å². The summed E-state index contributed by atoms with van der Waals surface area (Å²) in [6.07, 6.45) is 1.78. The molecule has 7 heteroatoms. The second kappa shape index (κ2) is 9.30. The van der Waals surface area contributed by atoms with Crippen LogP contribution < -0.4 is 5.73 Å². The smallest absolute Gasteiger partial charge is 0.151 e. The van der Waals surface area contributed by atoms with E-state index in [4.69, 9.17) is 15.5 Å². The van der Waals surface area contributed by atoms with E-state index in [-0.39, 0.29) is 0 Å². The second-order valence-electron chi connectivity index (χ2n) is 6.79. The highest BCUT2D eigenvalue weighted by molar-refractivity contribution is 7.85. The molecule has 150 valence electrons. The zero-order chi connectivity index (χ0) is 20.1. The van der Waals surface area contributed by atoms with Gasteiger partial charge in [0, 0.05) is 29.5 Å². The van der Waals surface area contributed by atoms with E-state index in [1.165, 1.54) is 0 Å². The highest BCUT2D eigenvalue weighted by atomic mass is 32.2. The lowest BCUT2D eigenvalue weighted by atomic mass is 10.2. The monoisotopic (exact) mass is 400 g/mol. The molecule has 2 aromatic heterocycles. The number of ether oxygens (including phenoxy) is 1. The molecular weight excluding hydrogens is 372 g/mol. The van der Waals surface area contributed by atoms with Crippen molar-refractivity contribution < 1.29 is 8.95 Å². The maximum Gasteiger partial charge on any atom is 0.151 e. The van der Waals surface area contributed by atoms with Gasteiger partial charge in [-0.05, 0) is 51.3 Å². The number of benzene rings is 1. The van der Waals surface area contributed by atoms with Gasteiger partial charge in [-0.1, -0.05) is 18.2 Å². The van der Waals surface area contributed by atoms with Crippen LogP contribution in [0.1, 0.15) is 36.8 Å². The molecule has 3 rings (SSSR count). The van der Waals surface area contributed by atoms with Gasteiger partial charge in [0.2, 0.25) is 0 Å². The SMILES string of the molecule is CCOCc1nc2c(N)nc(C)c(C)c2n1CCCCS(=O)c1ccccc1. The maximum absolute atomic E-state index is 12.4. The van der Waals surface area contributed by atoms with Gasteiger partial charge in [-0.25, -0.2) is 9.97 Å². The predicted molar refractivity (Wildman–Crippen MR) is 114 cm³/mol. The highest BCUT2D eigenvalue weighted by Crippen LogP contribution is 2.27. The normalized spacial score (nSPS) is 12.5. The molecular formula is C21H28N4O2S. The van der Waals surface area contributed by atoms with Gasteiger partial charge in [0.1, 0.15) is 17.9 Å². The van der Waals surface area contributed by atoms with Gasteiger partial charge in [0.05, 0.1) is 16.3 Å². The Morgan fingerprint density at radius 3 is 2.61 bits per heavy atom. The van der Waals surface area contributed by atoms with Gasteiger partial charge in [0.15, 0.2) is 5.82 Å². The van der Waals surface area contributed by atoms with Crippen LogP contribution in [-0.2, 0) is 28.7 Å². The van der Waals surface area contributed by atoms with Crippen molar-refractivity contribution in [2.45, 2.75) is 51.7 Å². The lowest BCUT2D eigenvalue weighted by Crippen LogP contribution is -2.08. The third-order valence-corrected chi connectivity index (χ3v) is 6.34. The molecule has 3 aromatic rings. The minimum Gasteiger partial charge on any atom is -0.382 e. The van der Waals surface area contributed by atoms with Gasteiger partial charge in [-0.2, -0.15) is 0 Å². The molecule has 0 saturated heterocycles. The van der Waals surface area contributed by atoms with Crippen LogP contribution >= 0.6 is 0 Å². The van der Waals surface area contributed by atoms with Gasteiger partial charge in [0.25, 0.3) is 0 Å². The van der Waals surface area contributed by atoms with Crippen molar-refractivity contribution in [2.24, 2.45) is 0 Å². The molecule has 0 saturated carbocycles. The van der Waals surface area contributed by atoms with E-state index in [1.807, 2.05) is 44.2 Å². The van der Waals surface area contributed by atoms with Crippen LogP contribution in [0.15, 0.2) is 35.2 Å². The summed E-state index contributed by atoms with van der Waals surface area (Å²) in [7, 11) is -0.960. The zero-order valence-corrected chi connectivity index (χ0v) is 17.6. The third kappa shape index (κ3) is 4.42. The number of rotatable bonds is 9. The Hall–Kier alpha value is -2.25. The predicted octanol–water partition coefficient (Wildman–Crippen LogP) is 3.75. The summed E-state index contributed by atoms with van der Waals surface area (Å²) in [4.78, 5) is 10.0. The largest absolute Gasteiger partial charge is 0.382 e. The first-order valence-corrected chi connectivity index (χ1v) is 11.0. The number of nitrogens with two attached hydrogens (primary N) is 1. The quantitative estimate of drug-likeness (QED) is 0.553. The fourth-order valence-corrected chi connectivity index (χ4v) is 4.45. The molecule has 0 amide bonds. The Labute approximate surface area is 168 Å². The number of nitrogen functional groups attached to an aromatic ring is 1. The van der Waals surface area contributed by atoms with Crippen molar-refractivity contribution in [3.8, 4) is 0 Å². The van der Waals surface area contributed by atoms with E-state index in [2.05, 4.69) is 16.5 Å². The second-order valence-corrected chi connectivity index (χ2v) is 8.36. The minimum absolute atomic E-state index is 0.444. The molecule has 0 radical (unpaired) electrons. The van der Waals surface area contributed by atoms with Crippen LogP contribution in [0.25, 0.3) is 11.0 Å². The molecule has 0 fully saturated rings. The van der Waals surface area contributed by atoms with E-state index in [9.17, 15) is 4.21 Å². The summed E-state index contributed by atoms with van der Waals surface area (Å²) < 4.78 is 20.2. The molecule has 2 heterocycles. The Kier molecular flexibility index (Phi) is 6.80. The van der Waals surface area contributed by atoms with Gasteiger partial charge < -0.3 is 15.0 Å². The summed E-state index contributed by atoms with van der Waals surface area (Å²) in [5.74, 6) is 1.97. The van der Waals surface area contributed by atoms with E-state index >= 15 is 0 Å². The van der Waals surface area contributed by atoms with Gasteiger partial charge in [-0.3, -0.25) is 4.21 Å². The number of imidazole rings is 1. The van der Waals surface area contributed by atoms with E-state index in [0.29, 0.717) is 24.8 Å². The van der Waals surface area contributed by atoms with Crippen LogP contribution in [0.2, 0.25) is 0 Å². The first-order valence-electron chi connectivity index (χ1n) is 9.65. The number of aryl methyl sites for hydroxylation is 3. The summed E-state index contributed by atoms with van der Waals surface area (Å²) >= 11 is 0. The standard InChI is InChI=1S/C21H28N4O2S/c1-4-27-14-18-24-19-20(15(2)16(3)23-21(19)22)25(18)12-8-9-13-28(26)17-10-6-5-7-11-17/h5-7,10-11H,4,8-9,12-14H2,1-3H3,(H2,22,23). The summed E-state index contributed by atoms with van der Waals surface area (Å²) in [6.45, 7) is 7.85. The summed E-state index contributed by atoms with van der Waals surface area (Å²) in [5.41, 5.74) is 9.91. The minimum atomic E-state index is -0.960. The molecule has 0 aliphatic heterocycles. The molecule has 1 atom stereocenters. The number of aromatic nitrogens is 3. The van der Waals surface area contributed by atoms with Crippen LogP contribution in [-0.4, -0.2) is 31.1 Å². The highest BCUT2D eigenvalue weighted by Gasteiger charge is 2.17. The summed E-state index contributed by atoms with van der Waals surface area (Å²) in [6, 6.07) is 9.63. The lowest BCUT2D eigenvalue weighted by molar-refractivity contribution is 0.126. The number of hydrogen-bond acceptors (Lipinski definition) is 5. The van der Waals surface area contributed by atoms with Gasteiger partial charge >= 0.3 is 0 Å². The molecule has 6 nitrogen and oxygen atoms in total. The van der Waals surface area contributed by atoms with Crippen LogP contribution in [0.3, 0.4) is 0 Å². The number of pyridine rings is 1. The van der Waals surface area contributed by atoms with E-state index in [0.717, 1.165) is 52.4 Å². The Bertz CT molecular complexity index is 970. The zero-order valence-electron chi connectivity index (χ0n) is 16.8. The van der Waals surface area contributed by atoms with Crippen molar-refractivity contribution in [3.05, 3.63) is 47.4 Å². The van der Waals surface area contributed by atoms with Gasteiger partial charge in [-0.15, -0.1) is 0 Å². The van der Waals surface area contributed by atoms with Crippen molar-refractivity contribution >= 4 is 27.7 Å². The molecule has 1 unspecified atom stereocenters. The Balaban J connectivity index is 1.76. The van der Waals surface area contributed by atoms with Crippen molar-refractivity contribution in [1.82, 2.24) is 14.5 Å². The van der Waals surface area contributed by atoms with Crippen molar-refractivity contribution in [1.29, 1.82) is 0 Å². The van der Waals surface area contributed by atoms with E-state index in [1.54, 1.807) is 0 Å². The van der Waals surface area contributed by atoms with Crippen LogP contribution in [0, 0.1) is 13.8 Å².